The number of aromatic amines is 1. The van der Waals surface area contributed by atoms with E-state index in [0.29, 0.717) is 36.0 Å². The number of H-pyrrole nitrogens is 1. The van der Waals surface area contributed by atoms with E-state index in [9.17, 15) is 9.90 Å². The Hall–Kier alpha value is -2.54. The van der Waals surface area contributed by atoms with E-state index in [1.165, 1.54) is 0 Å². The minimum atomic E-state index is -0.105. The number of ether oxygens (including phenoxy) is 2. The van der Waals surface area contributed by atoms with E-state index in [0.717, 1.165) is 12.0 Å². The smallest absolute Gasteiger partial charge is 0.271 e. The van der Waals surface area contributed by atoms with Crippen LogP contribution < -0.4 is 9.47 Å². The fourth-order valence-corrected chi connectivity index (χ4v) is 2.92. The number of nitrogens with zero attached hydrogens (tertiary/aromatic N) is 2. The lowest BCUT2D eigenvalue weighted by Crippen LogP contribution is -2.29. The summed E-state index contributed by atoms with van der Waals surface area (Å²) < 4.78 is 10.6. The van der Waals surface area contributed by atoms with Gasteiger partial charge in [0.1, 0.15) is 17.2 Å². The van der Waals surface area contributed by atoms with E-state index < -0.39 is 0 Å². The highest BCUT2D eigenvalue weighted by Gasteiger charge is 2.27. The number of hydrogen-bond acceptors (Lipinski definition) is 5. The number of aliphatic hydroxyl groups excluding tert-OH is 1. The number of carbonyl (C=O) groups is 1. The van der Waals surface area contributed by atoms with Gasteiger partial charge in [-0.3, -0.25) is 9.89 Å². The van der Waals surface area contributed by atoms with Crippen molar-refractivity contribution in [1.82, 2.24) is 15.1 Å². The average Bonchev–Trinajstić information content (AvgIpc) is 3.29. The molecule has 1 atom stereocenters. The molecule has 0 saturated carbocycles. The molecule has 1 fully saturated rings. The second-order valence-corrected chi connectivity index (χ2v) is 5.82. The molecule has 128 valence electrons. The third kappa shape index (κ3) is 3.07. The van der Waals surface area contributed by atoms with Crippen molar-refractivity contribution in [2.24, 2.45) is 5.92 Å². The maximum atomic E-state index is 12.5. The Morgan fingerprint density at radius 2 is 2.21 bits per heavy atom. The lowest BCUT2D eigenvalue weighted by atomic mass is 10.1. The molecule has 24 heavy (non-hydrogen) atoms. The Balaban J connectivity index is 1.84. The van der Waals surface area contributed by atoms with Gasteiger partial charge in [0.25, 0.3) is 5.91 Å². The van der Waals surface area contributed by atoms with Crippen LogP contribution in [0.4, 0.5) is 0 Å². The molecule has 0 spiro atoms. The predicted molar refractivity (Wildman–Crippen MR) is 88.2 cm³/mol. The van der Waals surface area contributed by atoms with Gasteiger partial charge in [-0.25, -0.2) is 0 Å². The normalized spacial score (nSPS) is 17.1. The van der Waals surface area contributed by atoms with E-state index in [4.69, 9.17) is 9.47 Å². The summed E-state index contributed by atoms with van der Waals surface area (Å²) in [5.41, 5.74) is 1.79. The molecule has 1 aromatic carbocycles. The maximum absolute atomic E-state index is 12.5. The first-order valence-corrected chi connectivity index (χ1v) is 7.84. The number of benzene rings is 1. The second kappa shape index (κ2) is 6.92. The van der Waals surface area contributed by atoms with Crippen molar-refractivity contribution in [2.45, 2.75) is 6.42 Å². The third-order valence-corrected chi connectivity index (χ3v) is 4.32. The molecule has 2 aromatic rings. The molecule has 1 saturated heterocycles. The highest BCUT2D eigenvalue weighted by atomic mass is 16.5. The molecule has 2 N–H and O–H groups in total. The van der Waals surface area contributed by atoms with Crippen LogP contribution in [0.3, 0.4) is 0 Å². The van der Waals surface area contributed by atoms with Crippen molar-refractivity contribution < 1.29 is 19.4 Å². The Morgan fingerprint density at radius 3 is 2.88 bits per heavy atom. The number of likely N-dealkylation sites (tertiary alicyclic amines) is 1. The summed E-state index contributed by atoms with van der Waals surface area (Å²) in [6.45, 7) is 1.34. The largest absolute Gasteiger partial charge is 0.497 e. The van der Waals surface area contributed by atoms with Gasteiger partial charge < -0.3 is 19.5 Å². The lowest BCUT2D eigenvalue weighted by molar-refractivity contribution is 0.0776. The minimum Gasteiger partial charge on any atom is -0.497 e. The molecule has 1 aliphatic heterocycles. The SMILES string of the molecule is COc1ccc(OC)c(-c2cc(C(=O)N3CC[C@H](CO)C3)[nH]n2)c1. The van der Waals surface area contributed by atoms with Gasteiger partial charge in [-0.05, 0) is 30.7 Å². The van der Waals surface area contributed by atoms with E-state index >= 15 is 0 Å². The molecule has 2 heterocycles. The summed E-state index contributed by atoms with van der Waals surface area (Å²) in [6.07, 6.45) is 0.826. The fourth-order valence-electron chi connectivity index (χ4n) is 2.92. The van der Waals surface area contributed by atoms with Gasteiger partial charge in [0, 0.05) is 31.2 Å². The number of aromatic nitrogens is 2. The molecule has 0 bridgehead atoms. The second-order valence-electron chi connectivity index (χ2n) is 5.82. The van der Waals surface area contributed by atoms with Gasteiger partial charge in [0.15, 0.2) is 0 Å². The third-order valence-electron chi connectivity index (χ3n) is 4.32. The summed E-state index contributed by atoms with van der Waals surface area (Å²) in [4.78, 5) is 14.3. The zero-order chi connectivity index (χ0) is 17.1. The van der Waals surface area contributed by atoms with Crippen molar-refractivity contribution >= 4 is 5.91 Å². The van der Waals surface area contributed by atoms with E-state index in [-0.39, 0.29) is 18.4 Å². The molecule has 7 heteroatoms. The molecular formula is C17H21N3O4. The fraction of sp³-hybridized carbons (Fsp3) is 0.412. The Bertz CT molecular complexity index is 728. The van der Waals surface area contributed by atoms with Crippen LogP contribution >= 0.6 is 0 Å². The highest BCUT2D eigenvalue weighted by molar-refractivity contribution is 5.93. The first-order chi connectivity index (χ1) is 11.7. The predicted octanol–water partition coefficient (Wildman–Crippen LogP) is 1.55. The van der Waals surface area contributed by atoms with E-state index in [2.05, 4.69) is 10.2 Å². The standard InChI is InChI=1S/C17H21N3O4/c1-23-12-3-4-16(24-2)13(7-12)14-8-15(19-18-14)17(22)20-6-5-11(9-20)10-21/h3-4,7-8,11,21H,5-6,9-10H2,1-2H3,(H,18,19)/t11-/m0/s1. The number of aliphatic hydroxyl groups is 1. The Labute approximate surface area is 140 Å². The molecule has 1 aromatic heterocycles. The highest BCUT2D eigenvalue weighted by Crippen LogP contribution is 2.32. The van der Waals surface area contributed by atoms with Crippen LogP contribution in [0.1, 0.15) is 16.9 Å². The Kier molecular flexibility index (Phi) is 4.71. The molecular weight excluding hydrogens is 310 g/mol. The number of methoxy groups -OCH3 is 2. The van der Waals surface area contributed by atoms with Crippen molar-refractivity contribution in [2.75, 3.05) is 33.9 Å². The minimum absolute atomic E-state index is 0.105. The topological polar surface area (TPSA) is 87.7 Å². The van der Waals surface area contributed by atoms with Gasteiger partial charge in [-0.1, -0.05) is 0 Å². The van der Waals surface area contributed by atoms with Crippen molar-refractivity contribution in [1.29, 1.82) is 0 Å². The number of amides is 1. The average molecular weight is 331 g/mol. The van der Waals surface area contributed by atoms with Crippen LogP contribution in [0.5, 0.6) is 11.5 Å². The summed E-state index contributed by atoms with van der Waals surface area (Å²) in [5, 5.41) is 16.3. The number of hydrogen-bond donors (Lipinski definition) is 2. The van der Waals surface area contributed by atoms with Crippen LogP contribution in [0, 0.1) is 5.92 Å². The summed E-state index contributed by atoms with van der Waals surface area (Å²) >= 11 is 0. The summed E-state index contributed by atoms with van der Waals surface area (Å²) in [7, 11) is 3.18. The molecule has 0 aliphatic carbocycles. The van der Waals surface area contributed by atoms with E-state index in [1.54, 1.807) is 37.3 Å². The van der Waals surface area contributed by atoms with Crippen molar-refractivity contribution in [3.05, 3.63) is 30.0 Å². The summed E-state index contributed by atoms with van der Waals surface area (Å²) in [6, 6.07) is 7.14. The van der Waals surface area contributed by atoms with Crippen LogP contribution in [-0.2, 0) is 0 Å². The van der Waals surface area contributed by atoms with E-state index in [1.807, 2.05) is 6.07 Å². The van der Waals surface area contributed by atoms with Crippen LogP contribution in [0.2, 0.25) is 0 Å². The molecule has 0 radical (unpaired) electrons. The van der Waals surface area contributed by atoms with Gasteiger partial charge in [0.05, 0.1) is 19.9 Å². The Morgan fingerprint density at radius 1 is 1.38 bits per heavy atom. The lowest BCUT2D eigenvalue weighted by Gasteiger charge is -2.14. The molecule has 1 aliphatic rings. The van der Waals surface area contributed by atoms with Crippen molar-refractivity contribution in [3.8, 4) is 22.8 Å². The van der Waals surface area contributed by atoms with Crippen molar-refractivity contribution in [3.63, 3.8) is 0 Å². The molecule has 3 rings (SSSR count). The zero-order valence-corrected chi connectivity index (χ0v) is 13.8. The summed E-state index contributed by atoms with van der Waals surface area (Å²) in [5.74, 6) is 1.40. The quantitative estimate of drug-likeness (QED) is 0.868. The number of nitrogens with one attached hydrogen (secondary N) is 1. The number of carbonyl (C=O) groups excluding carboxylic acids is 1. The van der Waals surface area contributed by atoms with Gasteiger partial charge in [0.2, 0.25) is 0 Å². The van der Waals surface area contributed by atoms with Crippen LogP contribution in [0.15, 0.2) is 24.3 Å². The number of rotatable bonds is 5. The maximum Gasteiger partial charge on any atom is 0.271 e. The molecule has 7 nitrogen and oxygen atoms in total. The monoisotopic (exact) mass is 331 g/mol. The molecule has 1 amide bonds. The van der Waals surface area contributed by atoms with Gasteiger partial charge in [-0.2, -0.15) is 5.10 Å². The van der Waals surface area contributed by atoms with Gasteiger partial charge in [-0.15, -0.1) is 0 Å². The van der Waals surface area contributed by atoms with Crippen LogP contribution in [0.25, 0.3) is 11.3 Å². The zero-order valence-electron chi connectivity index (χ0n) is 13.8. The van der Waals surface area contributed by atoms with Gasteiger partial charge >= 0.3 is 0 Å². The van der Waals surface area contributed by atoms with Crippen LogP contribution in [-0.4, -0.2) is 60.0 Å². The first kappa shape index (κ1) is 16.3. The first-order valence-electron chi connectivity index (χ1n) is 7.84. The molecule has 0 unspecified atom stereocenters.